The molecule has 1 aliphatic rings. The molecule has 1 aliphatic heterocycles. The zero-order valence-electron chi connectivity index (χ0n) is 12.5. The number of halogens is 1. The van der Waals surface area contributed by atoms with Crippen LogP contribution in [-0.4, -0.2) is 6.73 Å². The van der Waals surface area contributed by atoms with Gasteiger partial charge in [-0.1, -0.05) is 22.0 Å². The van der Waals surface area contributed by atoms with Gasteiger partial charge in [0.25, 0.3) is 0 Å². The summed E-state index contributed by atoms with van der Waals surface area (Å²) in [5, 5.41) is 0.848. The van der Waals surface area contributed by atoms with Gasteiger partial charge >= 0.3 is 5.63 Å². The van der Waals surface area contributed by atoms with E-state index in [0.29, 0.717) is 30.2 Å². The second-order valence-corrected chi connectivity index (χ2v) is 6.56. The Morgan fingerprint density at radius 2 is 1.91 bits per heavy atom. The normalized spacial score (nSPS) is 13.7. The van der Waals surface area contributed by atoms with Crippen LogP contribution in [0.15, 0.2) is 56.1 Å². The Kier molecular flexibility index (Phi) is 3.38. The second-order valence-electron chi connectivity index (χ2n) is 5.64. The summed E-state index contributed by atoms with van der Waals surface area (Å²) < 4.78 is 12.4. The zero-order chi connectivity index (χ0) is 16.0. The number of nitrogens with zero attached hydrogens (tertiary/aromatic N) is 1. The van der Waals surface area contributed by atoms with Crippen molar-refractivity contribution >= 4 is 32.6 Å². The van der Waals surface area contributed by atoms with Crippen molar-refractivity contribution in [1.82, 2.24) is 0 Å². The van der Waals surface area contributed by atoms with Gasteiger partial charge in [0.05, 0.1) is 17.5 Å². The molecule has 4 nitrogen and oxygen atoms in total. The first-order valence-corrected chi connectivity index (χ1v) is 8.11. The SMILES string of the molecule is Cc1ccc2c3c(c(=O)oc2c1)CN(c1ccc(Br)cc1)CO3. The van der Waals surface area contributed by atoms with Gasteiger partial charge in [0.2, 0.25) is 0 Å². The molecule has 0 saturated carbocycles. The largest absolute Gasteiger partial charge is 0.472 e. The number of rotatable bonds is 1. The van der Waals surface area contributed by atoms with Crippen LogP contribution in [0.2, 0.25) is 0 Å². The van der Waals surface area contributed by atoms with Crippen LogP contribution in [0.1, 0.15) is 11.1 Å². The lowest BCUT2D eigenvalue weighted by atomic mass is 10.1. The monoisotopic (exact) mass is 371 g/mol. The van der Waals surface area contributed by atoms with Crippen molar-refractivity contribution in [3.63, 3.8) is 0 Å². The van der Waals surface area contributed by atoms with Crippen molar-refractivity contribution in [1.29, 1.82) is 0 Å². The highest BCUT2D eigenvalue weighted by molar-refractivity contribution is 9.10. The molecule has 5 heteroatoms. The summed E-state index contributed by atoms with van der Waals surface area (Å²) in [6.45, 7) is 2.85. The molecule has 0 unspecified atom stereocenters. The summed E-state index contributed by atoms with van der Waals surface area (Å²) in [5.74, 6) is 0.643. The molecule has 0 amide bonds. The van der Waals surface area contributed by atoms with E-state index in [4.69, 9.17) is 9.15 Å². The molecule has 3 aromatic rings. The van der Waals surface area contributed by atoms with E-state index in [1.54, 1.807) is 0 Å². The minimum Gasteiger partial charge on any atom is -0.472 e. The lowest BCUT2D eigenvalue weighted by Gasteiger charge is -2.30. The smallest absolute Gasteiger partial charge is 0.345 e. The van der Waals surface area contributed by atoms with Crippen molar-refractivity contribution in [3.8, 4) is 5.75 Å². The van der Waals surface area contributed by atoms with Crippen LogP contribution in [0, 0.1) is 6.92 Å². The summed E-state index contributed by atoms with van der Waals surface area (Å²) in [5.41, 5.74) is 2.86. The molecule has 0 fully saturated rings. The third-order valence-electron chi connectivity index (χ3n) is 4.01. The highest BCUT2D eigenvalue weighted by Crippen LogP contribution is 2.33. The molecule has 2 aromatic carbocycles. The average molecular weight is 372 g/mol. The molecule has 0 aliphatic carbocycles. The predicted octanol–water partition coefficient (Wildman–Crippen LogP) is 4.22. The van der Waals surface area contributed by atoms with Crippen molar-refractivity contribution in [2.45, 2.75) is 13.5 Å². The van der Waals surface area contributed by atoms with E-state index in [9.17, 15) is 4.79 Å². The van der Waals surface area contributed by atoms with Crippen molar-refractivity contribution < 1.29 is 9.15 Å². The quantitative estimate of drug-likeness (QED) is 0.600. The predicted molar refractivity (Wildman–Crippen MR) is 93.0 cm³/mol. The summed E-state index contributed by atoms with van der Waals surface area (Å²) in [6.07, 6.45) is 0. The number of hydrogen-bond donors (Lipinski definition) is 0. The summed E-state index contributed by atoms with van der Waals surface area (Å²) in [7, 11) is 0. The van der Waals surface area contributed by atoms with Gasteiger partial charge in [-0.05, 0) is 48.9 Å². The molecule has 0 spiro atoms. The maximum absolute atomic E-state index is 12.3. The number of fused-ring (bicyclic) bond motifs is 3. The van der Waals surface area contributed by atoms with Gasteiger partial charge in [-0.15, -0.1) is 0 Å². The molecule has 0 atom stereocenters. The van der Waals surface area contributed by atoms with Crippen LogP contribution >= 0.6 is 15.9 Å². The lowest BCUT2D eigenvalue weighted by molar-refractivity contribution is 0.287. The van der Waals surface area contributed by atoms with Crippen LogP contribution in [0.3, 0.4) is 0 Å². The minimum atomic E-state index is -0.333. The first-order valence-electron chi connectivity index (χ1n) is 7.31. The maximum Gasteiger partial charge on any atom is 0.345 e. The Morgan fingerprint density at radius 1 is 1.13 bits per heavy atom. The van der Waals surface area contributed by atoms with Crippen LogP contribution < -0.4 is 15.3 Å². The summed E-state index contributed by atoms with van der Waals surface area (Å²) in [6, 6.07) is 13.7. The first kappa shape index (κ1) is 14.3. The fraction of sp³-hybridized carbons (Fsp3) is 0.167. The Labute approximate surface area is 141 Å². The van der Waals surface area contributed by atoms with Crippen molar-refractivity contribution in [2.75, 3.05) is 11.6 Å². The van der Waals surface area contributed by atoms with Crippen molar-refractivity contribution in [2.24, 2.45) is 0 Å². The van der Waals surface area contributed by atoms with Gasteiger partial charge in [-0.25, -0.2) is 4.79 Å². The Bertz CT molecular complexity index is 947. The van der Waals surface area contributed by atoms with E-state index in [1.807, 2.05) is 54.3 Å². The summed E-state index contributed by atoms with van der Waals surface area (Å²) in [4.78, 5) is 14.3. The highest BCUT2D eigenvalue weighted by atomic mass is 79.9. The Balaban J connectivity index is 1.79. The zero-order valence-corrected chi connectivity index (χ0v) is 14.1. The molecule has 1 aromatic heterocycles. The molecule has 0 saturated heterocycles. The van der Waals surface area contributed by atoms with Crippen LogP contribution in [0.25, 0.3) is 11.0 Å². The molecule has 0 N–H and O–H groups in total. The third kappa shape index (κ3) is 2.51. The number of aryl methyl sites for hydroxylation is 1. The summed E-state index contributed by atoms with van der Waals surface area (Å²) >= 11 is 3.43. The number of anilines is 1. The van der Waals surface area contributed by atoms with E-state index in [-0.39, 0.29) is 5.63 Å². The third-order valence-corrected chi connectivity index (χ3v) is 4.54. The molecular formula is C18H14BrNO3. The average Bonchev–Trinajstić information content (AvgIpc) is 2.55. The fourth-order valence-corrected chi connectivity index (χ4v) is 3.08. The number of hydrogen-bond acceptors (Lipinski definition) is 4. The molecular weight excluding hydrogens is 358 g/mol. The highest BCUT2D eigenvalue weighted by Gasteiger charge is 2.24. The standard InChI is InChI=1S/C18H14BrNO3/c1-11-2-7-14-16(8-11)23-18(21)15-9-20(10-22-17(14)15)13-5-3-12(19)4-6-13/h2-8H,9-10H2,1H3. The van der Waals surface area contributed by atoms with Crippen LogP contribution in [-0.2, 0) is 6.54 Å². The van der Waals surface area contributed by atoms with Gasteiger partial charge in [0.1, 0.15) is 11.3 Å². The molecule has 2 heterocycles. The topological polar surface area (TPSA) is 42.7 Å². The Hall–Kier alpha value is -2.27. The van der Waals surface area contributed by atoms with Gasteiger partial charge in [0, 0.05) is 10.2 Å². The van der Waals surface area contributed by atoms with Gasteiger partial charge < -0.3 is 14.1 Å². The maximum atomic E-state index is 12.3. The van der Waals surface area contributed by atoms with E-state index in [0.717, 1.165) is 21.1 Å². The Morgan fingerprint density at radius 3 is 2.70 bits per heavy atom. The van der Waals surface area contributed by atoms with Gasteiger partial charge in [-0.3, -0.25) is 0 Å². The number of ether oxygens (including phenoxy) is 1. The molecule has 0 radical (unpaired) electrons. The first-order chi connectivity index (χ1) is 11.1. The van der Waals surface area contributed by atoms with Crippen LogP contribution in [0.5, 0.6) is 5.75 Å². The van der Waals surface area contributed by atoms with Gasteiger partial charge in [-0.2, -0.15) is 0 Å². The van der Waals surface area contributed by atoms with Crippen molar-refractivity contribution in [3.05, 3.63) is 68.5 Å². The van der Waals surface area contributed by atoms with Crippen LogP contribution in [0.4, 0.5) is 5.69 Å². The molecule has 0 bridgehead atoms. The number of benzene rings is 2. The van der Waals surface area contributed by atoms with E-state index < -0.39 is 0 Å². The van der Waals surface area contributed by atoms with Gasteiger partial charge in [0.15, 0.2) is 6.73 Å². The second kappa shape index (κ2) is 5.42. The molecule has 4 rings (SSSR count). The fourth-order valence-electron chi connectivity index (χ4n) is 2.82. The van der Waals surface area contributed by atoms with E-state index in [2.05, 4.69) is 15.9 Å². The minimum absolute atomic E-state index is 0.333. The lowest BCUT2D eigenvalue weighted by Crippen LogP contribution is -2.34. The molecule has 23 heavy (non-hydrogen) atoms. The molecule has 116 valence electrons. The van der Waals surface area contributed by atoms with E-state index in [1.165, 1.54) is 0 Å². The van der Waals surface area contributed by atoms with E-state index >= 15 is 0 Å².